The third kappa shape index (κ3) is 1.97. The van der Waals surface area contributed by atoms with Crippen LogP contribution in [0.25, 0.3) is 0 Å². The van der Waals surface area contributed by atoms with Crippen molar-refractivity contribution in [1.82, 2.24) is 4.98 Å². The molecule has 2 nitrogen and oxygen atoms in total. The lowest BCUT2D eigenvalue weighted by atomic mass is 9.95. The topological polar surface area (TPSA) is 38.9 Å². The van der Waals surface area contributed by atoms with Crippen molar-refractivity contribution < 1.29 is 0 Å². The lowest BCUT2D eigenvalue weighted by molar-refractivity contribution is 0.411. The van der Waals surface area contributed by atoms with Crippen molar-refractivity contribution in [1.29, 1.82) is 0 Å². The Bertz CT molecular complexity index is 255. The predicted molar refractivity (Wildman–Crippen MR) is 61.3 cm³/mol. The van der Waals surface area contributed by atoms with Crippen molar-refractivity contribution in [2.45, 2.75) is 32.2 Å². The molecule has 1 rings (SSSR count). The summed E-state index contributed by atoms with van der Waals surface area (Å²) >= 11 is 3.97. The first-order valence-electron chi connectivity index (χ1n) is 4.03. The van der Waals surface area contributed by atoms with E-state index in [1.54, 1.807) is 11.3 Å². The average molecular weight is 296 g/mol. The van der Waals surface area contributed by atoms with E-state index in [1.807, 2.05) is 6.20 Å². The zero-order chi connectivity index (χ0) is 9.19. The normalized spacial score (nSPS) is 12.0. The highest BCUT2D eigenvalue weighted by molar-refractivity contribution is 14.1. The van der Waals surface area contributed by atoms with Crippen LogP contribution in [0.4, 0.5) is 0 Å². The van der Waals surface area contributed by atoms with Crippen LogP contribution in [0.5, 0.6) is 0 Å². The molecule has 68 valence electrons. The maximum Gasteiger partial charge on any atom is 0.113 e. The maximum atomic E-state index is 6.18. The molecule has 0 bridgehead atoms. The fourth-order valence-corrected chi connectivity index (χ4v) is 2.69. The molecule has 0 aromatic carbocycles. The van der Waals surface area contributed by atoms with E-state index in [-0.39, 0.29) is 5.54 Å². The highest BCUT2D eigenvalue weighted by Crippen LogP contribution is 2.29. The van der Waals surface area contributed by atoms with Gasteiger partial charge < -0.3 is 5.73 Å². The van der Waals surface area contributed by atoms with Gasteiger partial charge in [-0.15, -0.1) is 11.3 Å². The molecule has 0 aliphatic carbocycles. The summed E-state index contributed by atoms with van der Waals surface area (Å²) in [5, 5.41) is 1.07. The Morgan fingerprint density at radius 3 is 2.50 bits per heavy atom. The molecule has 0 aliphatic heterocycles. The van der Waals surface area contributed by atoms with Crippen LogP contribution in [0.2, 0.25) is 0 Å². The van der Waals surface area contributed by atoms with Crippen LogP contribution >= 0.6 is 33.9 Å². The predicted octanol–water partition coefficient (Wildman–Crippen LogP) is 2.72. The molecule has 4 heteroatoms. The second-order valence-electron chi connectivity index (χ2n) is 2.83. The monoisotopic (exact) mass is 296 g/mol. The van der Waals surface area contributed by atoms with Crippen LogP contribution in [0.3, 0.4) is 0 Å². The maximum absolute atomic E-state index is 6.18. The number of halogens is 1. The first kappa shape index (κ1) is 10.4. The Balaban J connectivity index is 2.94. The van der Waals surface area contributed by atoms with Gasteiger partial charge in [0.2, 0.25) is 0 Å². The van der Waals surface area contributed by atoms with Crippen molar-refractivity contribution in [3.8, 4) is 0 Å². The molecule has 0 spiro atoms. The smallest absolute Gasteiger partial charge is 0.113 e. The molecule has 0 saturated carbocycles. The largest absolute Gasteiger partial charge is 0.319 e. The highest BCUT2D eigenvalue weighted by atomic mass is 127. The summed E-state index contributed by atoms with van der Waals surface area (Å²) in [5.41, 5.74) is 5.98. The molecular weight excluding hydrogens is 283 g/mol. The lowest BCUT2D eigenvalue weighted by Gasteiger charge is -2.23. The van der Waals surface area contributed by atoms with Gasteiger partial charge in [0.1, 0.15) is 5.01 Å². The van der Waals surface area contributed by atoms with E-state index < -0.39 is 0 Å². The van der Waals surface area contributed by atoms with Gasteiger partial charge in [0.25, 0.3) is 0 Å². The van der Waals surface area contributed by atoms with Gasteiger partial charge in [0.05, 0.1) is 14.6 Å². The van der Waals surface area contributed by atoms with Crippen LogP contribution < -0.4 is 5.73 Å². The third-order valence-electron chi connectivity index (χ3n) is 2.17. The standard InChI is InChI=1S/C8H13IN2S/c1-3-8(10,4-2)7-11-5-6(9)12-7/h5H,3-4,10H2,1-2H3. The lowest BCUT2D eigenvalue weighted by Crippen LogP contribution is -2.34. The van der Waals surface area contributed by atoms with Gasteiger partial charge in [-0.3, -0.25) is 0 Å². The van der Waals surface area contributed by atoms with Gasteiger partial charge >= 0.3 is 0 Å². The number of hydrogen-bond acceptors (Lipinski definition) is 3. The van der Waals surface area contributed by atoms with Crippen LogP contribution in [-0.4, -0.2) is 4.98 Å². The Kier molecular flexibility index (Phi) is 3.48. The van der Waals surface area contributed by atoms with Gasteiger partial charge in [0.15, 0.2) is 0 Å². The molecule has 0 unspecified atom stereocenters. The van der Waals surface area contributed by atoms with Crippen molar-refractivity contribution >= 4 is 33.9 Å². The third-order valence-corrected chi connectivity index (χ3v) is 4.11. The summed E-state index contributed by atoms with van der Waals surface area (Å²) in [6, 6.07) is 0. The summed E-state index contributed by atoms with van der Waals surface area (Å²) in [7, 11) is 0. The molecule has 0 atom stereocenters. The fraction of sp³-hybridized carbons (Fsp3) is 0.625. The van der Waals surface area contributed by atoms with E-state index >= 15 is 0 Å². The van der Waals surface area contributed by atoms with E-state index in [2.05, 4.69) is 41.4 Å². The van der Waals surface area contributed by atoms with Crippen LogP contribution in [-0.2, 0) is 5.54 Å². The minimum atomic E-state index is -0.200. The van der Waals surface area contributed by atoms with Gasteiger partial charge in [-0.05, 0) is 35.4 Å². The number of rotatable bonds is 3. The van der Waals surface area contributed by atoms with Gasteiger partial charge in [-0.1, -0.05) is 13.8 Å². The summed E-state index contributed by atoms with van der Waals surface area (Å²) in [6.45, 7) is 4.22. The zero-order valence-electron chi connectivity index (χ0n) is 7.30. The Labute approximate surface area is 90.7 Å². The Hall–Kier alpha value is 0.320. The minimum absolute atomic E-state index is 0.200. The molecule has 0 radical (unpaired) electrons. The van der Waals surface area contributed by atoms with Crippen LogP contribution in [0, 0.1) is 2.88 Å². The fourth-order valence-electron chi connectivity index (χ4n) is 1.04. The molecular formula is C8H13IN2S. The molecule has 0 fully saturated rings. The van der Waals surface area contributed by atoms with E-state index in [0.29, 0.717) is 0 Å². The van der Waals surface area contributed by atoms with Gasteiger partial charge in [-0.25, -0.2) is 4.98 Å². The van der Waals surface area contributed by atoms with E-state index in [9.17, 15) is 0 Å². The van der Waals surface area contributed by atoms with Crippen molar-refractivity contribution in [2.75, 3.05) is 0 Å². The number of hydrogen-bond donors (Lipinski definition) is 1. The van der Waals surface area contributed by atoms with Crippen molar-refractivity contribution in [2.24, 2.45) is 5.73 Å². The van der Waals surface area contributed by atoms with Gasteiger partial charge in [-0.2, -0.15) is 0 Å². The molecule has 0 amide bonds. The second kappa shape index (κ2) is 4.02. The first-order valence-corrected chi connectivity index (χ1v) is 5.92. The summed E-state index contributed by atoms with van der Waals surface area (Å²) in [4.78, 5) is 4.32. The summed E-state index contributed by atoms with van der Waals surface area (Å²) in [6.07, 6.45) is 3.79. The zero-order valence-corrected chi connectivity index (χ0v) is 10.3. The molecule has 2 N–H and O–H groups in total. The van der Waals surface area contributed by atoms with E-state index in [0.717, 1.165) is 17.8 Å². The van der Waals surface area contributed by atoms with Crippen molar-refractivity contribution in [3.05, 3.63) is 14.1 Å². The minimum Gasteiger partial charge on any atom is -0.319 e. The SMILES string of the molecule is CCC(N)(CC)c1ncc(I)s1. The highest BCUT2D eigenvalue weighted by Gasteiger charge is 2.26. The molecule has 0 saturated heterocycles. The van der Waals surface area contributed by atoms with Crippen molar-refractivity contribution in [3.63, 3.8) is 0 Å². The molecule has 1 aromatic rings. The Morgan fingerprint density at radius 1 is 1.58 bits per heavy atom. The average Bonchev–Trinajstić information content (AvgIpc) is 2.51. The van der Waals surface area contributed by atoms with E-state index in [1.165, 1.54) is 2.88 Å². The first-order chi connectivity index (χ1) is 5.62. The molecule has 1 aromatic heterocycles. The second-order valence-corrected chi connectivity index (χ2v) is 5.76. The molecule has 0 aliphatic rings. The Morgan fingerprint density at radius 2 is 2.17 bits per heavy atom. The number of nitrogens with zero attached hydrogens (tertiary/aromatic N) is 1. The number of aromatic nitrogens is 1. The van der Waals surface area contributed by atoms with Crippen LogP contribution in [0.15, 0.2) is 6.20 Å². The molecule has 1 heterocycles. The molecule has 12 heavy (non-hydrogen) atoms. The van der Waals surface area contributed by atoms with Gasteiger partial charge in [0, 0.05) is 0 Å². The number of nitrogens with two attached hydrogens (primary N) is 1. The van der Waals surface area contributed by atoms with Crippen LogP contribution in [0.1, 0.15) is 31.7 Å². The summed E-state index contributed by atoms with van der Waals surface area (Å²) in [5.74, 6) is 0. The van der Waals surface area contributed by atoms with E-state index in [4.69, 9.17) is 5.73 Å². The quantitative estimate of drug-likeness (QED) is 0.871. The number of thiazole rings is 1. The summed E-state index contributed by atoms with van der Waals surface area (Å²) < 4.78 is 1.21.